The Labute approximate surface area is 211 Å². The molecule has 184 valence electrons. The molecule has 2 heterocycles. The monoisotopic (exact) mass is 481 g/mol. The first-order valence-electron chi connectivity index (χ1n) is 12.7. The Kier molecular flexibility index (Phi) is 7.13. The van der Waals surface area contributed by atoms with Crippen LogP contribution < -0.4 is 0 Å². The minimum absolute atomic E-state index is 0.302. The second-order valence-corrected chi connectivity index (χ2v) is 9.95. The number of benzene rings is 1. The summed E-state index contributed by atoms with van der Waals surface area (Å²) in [4.78, 5) is 22.9. The molecule has 2 aliphatic carbocycles. The highest BCUT2D eigenvalue weighted by atomic mass is 16.4. The number of fused-ring (bicyclic) bond motifs is 1. The van der Waals surface area contributed by atoms with Crippen LogP contribution in [0.15, 0.2) is 61.0 Å². The van der Waals surface area contributed by atoms with Gasteiger partial charge in [0.2, 0.25) is 0 Å². The van der Waals surface area contributed by atoms with Crippen molar-refractivity contribution in [1.29, 1.82) is 5.26 Å². The quantitative estimate of drug-likeness (QED) is 0.445. The van der Waals surface area contributed by atoms with Gasteiger partial charge in [0, 0.05) is 13.1 Å². The van der Waals surface area contributed by atoms with E-state index in [0.29, 0.717) is 30.5 Å². The van der Waals surface area contributed by atoms with Crippen LogP contribution in [-0.4, -0.2) is 37.2 Å². The van der Waals surface area contributed by atoms with Gasteiger partial charge in [-0.1, -0.05) is 30.7 Å². The Morgan fingerprint density at radius 3 is 2.92 bits per heavy atom. The summed E-state index contributed by atoms with van der Waals surface area (Å²) in [5.41, 5.74) is 5.44. The summed E-state index contributed by atoms with van der Waals surface area (Å²) in [5.74, 6) is 0.772. The van der Waals surface area contributed by atoms with Crippen molar-refractivity contribution in [3.8, 4) is 6.07 Å². The van der Waals surface area contributed by atoms with Gasteiger partial charge >= 0.3 is 6.09 Å². The van der Waals surface area contributed by atoms with Gasteiger partial charge in [-0.15, -0.1) is 0 Å². The minimum Gasteiger partial charge on any atom is -0.465 e. The lowest BCUT2D eigenvalue weighted by molar-refractivity contribution is 0.119. The highest BCUT2D eigenvalue weighted by Gasteiger charge is 2.26. The molecule has 0 bridgehead atoms. The lowest BCUT2D eigenvalue weighted by Crippen LogP contribution is -2.36. The van der Waals surface area contributed by atoms with Gasteiger partial charge in [-0.25, -0.2) is 9.78 Å². The smallest absolute Gasteiger partial charge is 0.407 e. The number of carbonyl (C=O) groups is 1. The topological polar surface area (TPSA) is 95.0 Å². The van der Waals surface area contributed by atoms with Gasteiger partial charge in [-0.2, -0.15) is 5.26 Å². The number of amides is 1. The summed E-state index contributed by atoms with van der Waals surface area (Å²) in [6, 6.07) is 13.7. The fourth-order valence-corrected chi connectivity index (χ4v) is 5.56. The lowest BCUT2D eigenvalue weighted by atomic mass is 9.81. The van der Waals surface area contributed by atoms with Crippen molar-refractivity contribution < 1.29 is 9.90 Å². The largest absolute Gasteiger partial charge is 0.465 e. The molecule has 2 aromatic heterocycles. The van der Waals surface area contributed by atoms with Crippen LogP contribution in [0.5, 0.6) is 0 Å². The third-order valence-electron chi connectivity index (χ3n) is 7.35. The number of imidazole rings is 1. The summed E-state index contributed by atoms with van der Waals surface area (Å²) >= 11 is 0. The van der Waals surface area contributed by atoms with Gasteiger partial charge in [-0.05, 0) is 79.8 Å². The van der Waals surface area contributed by atoms with Crippen molar-refractivity contribution in [2.45, 2.75) is 51.6 Å². The summed E-state index contributed by atoms with van der Waals surface area (Å²) in [6.07, 6.45) is 13.5. The highest BCUT2D eigenvalue weighted by Crippen LogP contribution is 2.32. The van der Waals surface area contributed by atoms with Crippen molar-refractivity contribution in [3.05, 3.63) is 77.9 Å². The van der Waals surface area contributed by atoms with Crippen molar-refractivity contribution in [2.24, 2.45) is 11.8 Å². The van der Waals surface area contributed by atoms with Crippen LogP contribution in [0, 0.1) is 23.2 Å². The van der Waals surface area contributed by atoms with Crippen LogP contribution in [-0.2, 0) is 13.1 Å². The van der Waals surface area contributed by atoms with Crippen LogP contribution in [0.1, 0.15) is 55.5 Å². The molecule has 2 atom stereocenters. The zero-order valence-electron chi connectivity index (χ0n) is 20.4. The highest BCUT2D eigenvalue weighted by molar-refractivity contribution is 5.77. The van der Waals surface area contributed by atoms with Gasteiger partial charge in [-0.3, -0.25) is 4.98 Å². The Morgan fingerprint density at radius 1 is 1.22 bits per heavy atom. The molecular formula is C29H31N5O2. The Morgan fingerprint density at radius 2 is 2.11 bits per heavy atom. The van der Waals surface area contributed by atoms with Gasteiger partial charge in [0.05, 0.1) is 46.9 Å². The molecule has 1 saturated carbocycles. The van der Waals surface area contributed by atoms with Crippen molar-refractivity contribution in [2.75, 3.05) is 6.54 Å². The van der Waals surface area contributed by atoms with Crippen molar-refractivity contribution in [1.82, 2.24) is 19.4 Å². The molecule has 36 heavy (non-hydrogen) atoms. The zero-order chi connectivity index (χ0) is 24.9. The van der Waals surface area contributed by atoms with E-state index in [1.54, 1.807) is 6.07 Å². The van der Waals surface area contributed by atoms with Crippen LogP contribution in [0.2, 0.25) is 0 Å². The van der Waals surface area contributed by atoms with Gasteiger partial charge in [0.25, 0.3) is 0 Å². The van der Waals surface area contributed by atoms with Crippen LogP contribution in [0.4, 0.5) is 4.79 Å². The van der Waals surface area contributed by atoms with E-state index in [0.717, 1.165) is 67.5 Å². The first-order valence-corrected chi connectivity index (χ1v) is 12.7. The Hall–Kier alpha value is -3.92. The maximum Gasteiger partial charge on any atom is 0.407 e. The van der Waals surface area contributed by atoms with Crippen LogP contribution in [0.3, 0.4) is 0 Å². The molecule has 0 radical (unpaired) electrons. The third-order valence-corrected chi connectivity index (χ3v) is 7.35. The second-order valence-electron chi connectivity index (χ2n) is 9.95. The van der Waals surface area contributed by atoms with Crippen molar-refractivity contribution >= 4 is 22.7 Å². The summed E-state index contributed by atoms with van der Waals surface area (Å²) in [7, 11) is 0. The van der Waals surface area contributed by atoms with E-state index in [-0.39, 0.29) is 0 Å². The van der Waals surface area contributed by atoms with E-state index >= 15 is 0 Å². The van der Waals surface area contributed by atoms with E-state index in [2.05, 4.69) is 33.8 Å². The number of rotatable bonds is 7. The van der Waals surface area contributed by atoms with Gasteiger partial charge in [0.15, 0.2) is 0 Å². The number of nitriles is 1. The predicted molar refractivity (Wildman–Crippen MR) is 139 cm³/mol. The molecule has 1 aromatic carbocycles. The van der Waals surface area contributed by atoms with Gasteiger partial charge < -0.3 is 14.6 Å². The van der Waals surface area contributed by atoms with Crippen molar-refractivity contribution in [3.63, 3.8) is 0 Å². The maximum absolute atomic E-state index is 12.1. The first-order chi connectivity index (χ1) is 17.6. The summed E-state index contributed by atoms with van der Waals surface area (Å²) in [5, 5.41) is 19.2. The summed E-state index contributed by atoms with van der Waals surface area (Å²) < 4.78 is 2.14. The predicted octanol–water partition coefficient (Wildman–Crippen LogP) is 6.02. The average molecular weight is 482 g/mol. The molecule has 2 aliphatic rings. The van der Waals surface area contributed by atoms with Crippen LogP contribution >= 0.6 is 0 Å². The molecule has 0 spiro atoms. The molecule has 3 aromatic rings. The number of hydrogen-bond donors (Lipinski definition) is 1. The fourth-order valence-electron chi connectivity index (χ4n) is 5.56. The lowest BCUT2D eigenvalue weighted by Gasteiger charge is -2.32. The molecule has 0 aliphatic heterocycles. The molecule has 5 rings (SSSR count). The van der Waals surface area contributed by atoms with Gasteiger partial charge in [0.1, 0.15) is 0 Å². The summed E-state index contributed by atoms with van der Waals surface area (Å²) in [6.45, 7) is 1.66. The zero-order valence-corrected chi connectivity index (χ0v) is 20.4. The number of pyridine rings is 1. The van der Waals surface area contributed by atoms with E-state index in [1.807, 2.05) is 36.7 Å². The van der Waals surface area contributed by atoms with Crippen LogP contribution in [0.25, 0.3) is 16.6 Å². The number of carboxylic acid groups (broad SMARTS) is 1. The van der Waals surface area contributed by atoms with E-state index < -0.39 is 6.09 Å². The first kappa shape index (κ1) is 23.8. The van der Waals surface area contributed by atoms with E-state index in [9.17, 15) is 15.2 Å². The molecule has 1 N–H and O–H groups in total. The Bertz CT molecular complexity index is 1350. The number of hydrogen-bond acceptors (Lipinski definition) is 4. The average Bonchev–Trinajstić information content (AvgIpc) is 3.31. The third kappa shape index (κ3) is 5.49. The standard InChI is InChI=1S/C29H31N5O2/c30-16-21-12-13-27-28(15-21)34(20-31-27)18-23-7-4-6-22(14-23)17-33(29(35)36)19-25-10-5-11-26(32-25)24-8-2-1-3-9-24/h1-2,5,8,10-13,15,20,22-23H,3-4,6-7,9,14,17-19H2,(H,35,36)/t22?,23-/m0/s1. The number of aromatic nitrogens is 3. The van der Waals surface area contributed by atoms with E-state index in [4.69, 9.17) is 4.98 Å². The molecule has 1 amide bonds. The fraction of sp³-hybridized carbons (Fsp3) is 0.379. The molecule has 1 unspecified atom stereocenters. The second kappa shape index (κ2) is 10.8. The maximum atomic E-state index is 12.1. The van der Waals surface area contributed by atoms with E-state index in [1.165, 1.54) is 10.5 Å². The number of allylic oxidation sites excluding steroid dienone is 4. The molecular weight excluding hydrogens is 450 g/mol. The number of nitrogens with zero attached hydrogens (tertiary/aromatic N) is 5. The minimum atomic E-state index is -0.895. The molecule has 1 fully saturated rings. The molecule has 7 nitrogen and oxygen atoms in total. The SMILES string of the molecule is N#Cc1ccc2ncn(C[C@H]3CCCC(CN(Cc4cccc(C5=CC=CCC5)n4)C(=O)O)C3)c2c1. The molecule has 7 heteroatoms. The normalized spacial score (nSPS) is 19.6. The molecule has 0 saturated heterocycles. The Balaban J connectivity index is 1.24.